The molecule has 3 N–H and O–H groups in total. The third-order valence-electron chi connectivity index (χ3n) is 2.77. The van der Waals surface area contributed by atoms with E-state index in [1.165, 1.54) is 13.1 Å². The van der Waals surface area contributed by atoms with Crippen molar-refractivity contribution in [2.75, 3.05) is 21.1 Å². The minimum absolute atomic E-state index is 0.195. The highest BCUT2D eigenvalue weighted by Gasteiger charge is 2.19. The number of nitrogens with one attached hydrogen (secondary N) is 3. The number of likely N-dealkylation sites (N-methyl/N-ethyl adjacent to an activating group) is 1. The van der Waals surface area contributed by atoms with Gasteiger partial charge in [-0.2, -0.15) is 31.5 Å². The first-order valence-corrected chi connectivity index (χ1v) is 9.63. The molecule has 0 radical (unpaired) electrons. The highest BCUT2D eigenvalue weighted by molar-refractivity contribution is 7.85. The van der Waals surface area contributed by atoms with E-state index in [1.54, 1.807) is 6.07 Å². The van der Waals surface area contributed by atoms with E-state index in [9.17, 15) is 21.6 Å². The van der Waals surface area contributed by atoms with Gasteiger partial charge in [0, 0.05) is 21.1 Å². The van der Waals surface area contributed by atoms with Crippen LogP contribution in [0, 0.1) is 11.3 Å². The molecule has 0 aromatic heterocycles. The van der Waals surface area contributed by atoms with Gasteiger partial charge < -0.3 is 13.7 Å². The van der Waals surface area contributed by atoms with E-state index in [-0.39, 0.29) is 11.1 Å². The van der Waals surface area contributed by atoms with E-state index < -0.39 is 38.0 Å². The van der Waals surface area contributed by atoms with Crippen LogP contribution in [0.25, 0.3) is 6.08 Å². The third kappa shape index (κ3) is 6.01. The molecule has 0 fully saturated rings. The largest absolute Gasteiger partial charge is 0.382 e. The molecule has 0 aliphatic carbocycles. The first kappa shape index (κ1) is 21.4. The maximum absolute atomic E-state index is 11.6. The Morgan fingerprint density at radius 1 is 1.04 bits per heavy atom. The molecule has 0 bridgehead atoms. The molecule has 0 heterocycles. The van der Waals surface area contributed by atoms with Crippen molar-refractivity contribution < 1.29 is 30.0 Å². The van der Waals surface area contributed by atoms with Gasteiger partial charge in [0.05, 0.1) is 0 Å². The molecule has 0 saturated heterocycles. The Morgan fingerprint density at radius 3 is 2.04 bits per heavy atom. The van der Waals surface area contributed by atoms with Crippen molar-refractivity contribution in [3.8, 4) is 17.6 Å². The van der Waals surface area contributed by atoms with Crippen molar-refractivity contribution >= 4 is 32.6 Å². The Hall–Kier alpha value is -2.66. The van der Waals surface area contributed by atoms with E-state index in [0.717, 1.165) is 32.3 Å². The number of carbonyl (C=O) groups excluding carboxylic acids is 1. The van der Waals surface area contributed by atoms with Gasteiger partial charge in [-0.25, -0.2) is 0 Å². The van der Waals surface area contributed by atoms with Crippen LogP contribution in [0.1, 0.15) is 5.56 Å². The zero-order chi connectivity index (χ0) is 20.0. The number of nitrogens with zero attached hydrogens (tertiary/aromatic N) is 1. The van der Waals surface area contributed by atoms with Gasteiger partial charge in [0.1, 0.15) is 11.6 Å². The zero-order valence-corrected chi connectivity index (χ0v) is 15.6. The molecule has 1 aromatic rings. The molecule has 26 heavy (non-hydrogen) atoms. The minimum Gasteiger partial charge on any atom is -0.367 e. The van der Waals surface area contributed by atoms with Crippen LogP contribution in [0.15, 0.2) is 23.8 Å². The Balaban J connectivity index is 3.46. The van der Waals surface area contributed by atoms with Gasteiger partial charge in [0.25, 0.3) is 5.91 Å². The lowest BCUT2D eigenvalue weighted by Gasteiger charge is -2.12. The summed E-state index contributed by atoms with van der Waals surface area (Å²) in [6, 6.07) is 5.19. The maximum Gasteiger partial charge on any atom is 0.382 e. The van der Waals surface area contributed by atoms with Gasteiger partial charge in [-0.05, 0) is 23.8 Å². The lowest BCUT2D eigenvalue weighted by Crippen LogP contribution is -2.26. The second-order valence-electron chi connectivity index (χ2n) is 4.44. The molecule has 11 nitrogen and oxygen atoms in total. The number of rotatable bonds is 8. The standard InChI is InChI=1S/C13H16N4O7S2/c1-15-13(18)10(8-14)6-9-4-5-11(23-25(19,20)16-2)12(7-9)24-26(21,22)17-3/h4-7,16-17H,1-3H3,(H,15,18)/b10-6+. The van der Waals surface area contributed by atoms with Gasteiger partial charge in [0.15, 0.2) is 11.5 Å². The number of hydrogen-bond acceptors (Lipinski definition) is 8. The quantitative estimate of drug-likeness (QED) is 0.368. The molecule has 0 unspecified atom stereocenters. The first-order chi connectivity index (χ1) is 12.1. The Morgan fingerprint density at radius 2 is 1.58 bits per heavy atom. The van der Waals surface area contributed by atoms with Crippen molar-refractivity contribution in [2.45, 2.75) is 0 Å². The highest BCUT2D eigenvalue weighted by Crippen LogP contribution is 2.31. The van der Waals surface area contributed by atoms with Crippen molar-refractivity contribution in [1.29, 1.82) is 5.26 Å². The van der Waals surface area contributed by atoms with E-state index in [0.29, 0.717) is 0 Å². The van der Waals surface area contributed by atoms with E-state index in [1.807, 2.05) is 9.44 Å². The summed E-state index contributed by atoms with van der Waals surface area (Å²) < 4.78 is 59.5. The maximum atomic E-state index is 11.6. The molecule has 0 aliphatic heterocycles. The molecular weight excluding hydrogens is 388 g/mol. The van der Waals surface area contributed by atoms with Crippen LogP contribution in [0.2, 0.25) is 0 Å². The molecule has 1 amide bonds. The summed E-state index contributed by atoms with van der Waals surface area (Å²) in [6.45, 7) is 0. The van der Waals surface area contributed by atoms with Crippen LogP contribution < -0.4 is 23.1 Å². The van der Waals surface area contributed by atoms with Crippen LogP contribution >= 0.6 is 0 Å². The lowest BCUT2D eigenvalue weighted by atomic mass is 10.1. The summed E-state index contributed by atoms with van der Waals surface area (Å²) in [7, 11) is -4.91. The van der Waals surface area contributed by atoms with Crippen LogP contribution in [-0.2, 0) is 25.4 Å². The van der Waals surface area contributed by atoms with Crippen molar-refractivity contribution in [2.24, 2.45) is 0 Å². The summed E-state index contributed by atoms with van der Waals surface area (Å²) >= 11 is 0. The average Bonchev–Trinajstić information content (AvgIpc) is 2.60. The second kappa shape index (κ2) is 8.63. The number of benzene rings is 1. The predicted octanol–water partition coefficient (Wildman–Crippen LogP) is -0.974. The Bertz CT molecular complexity index is 963. The molecule has 0 aliphatic rings. The number of amides is 1. The van der Waals surface area contributed by atoms with E-state index >= 15 is 0 Å². The normalized spacial score (nSPS) is 12.2. The van der Waals surface area contributed by atoms with Crippen molar-refractivity contribution in [3.63, 3.8) is 0 Å². The SMILES string of the molecule is CNC(=O)/C(C#N)=C/c1ccc(OS(=O)(=O)NC)c(OS(=O)(=O)NC)c1. The Kier molecular flexibility index (Phi) is 7.10. The lowest BCUT2D eigenvalue weighted by molar-refractivity contribution is -0.116. The fourth-order valence-electron chi connectivity index (χ4n) is 1.52. The Labute approximate surface area is 151 Å². The smallest absolute Gasteiger partial charge is 0.367 e. The molecule has 1 rings (SSSR count). The topological polar surface area (TPSA) is 164 Å². The number of carbonyl (C=O) groups is 1. The molecule has 0 saturated carbocycles. The average molecular weight is 404 g/mol. The van der Waals surface area contributed by atoms with Gasteiger partial charge in [-0.1, -0.05) is 6.07 Å². The molecule has 1 aromatic carbocycles. The van der Waals surface area contributed by atoms with Crippen LogP contribution in [0.5, 0.6) is 11.5 Å². The predicted molar refractivity (Wildman–Crippen MR) is 91.3 cm³/mol. The van der Waals surface area contributed by atoms with Crippen molar-refractivity contribution in [1.82, 2.24) is 14.8 Å². The summed E-state index contributed by atoms with van der Waals surface area (Å²) in [6.07, 6.45) is 1.16. The first-order valence-electron chi connectivity index (χ1n) is 6.81. The van der Waals surface area contributed by atoms with Crippen LogP contribution in [-0.4, -0.2) is 43.9 Å². The van der Waals surface area contributed by atoms with E-state index in [4.69, 9.17) is 13.6 Å². The third-order valence-corrected chi connectivity index (χ3v) is 4.57. The summed E-state index contributed by atoms with van der Waals surface area (Å²) in [5.74, 6) is -1.55. The monoisotopic (exact) mass is 404 g/mol. The van der Waals surface area contributed by atoms with Crippen molar-refractivity contribution in [3.05, 3.63) is 29.3 Å². The molecule has 13 heteroatoms. The van der Waals surface area contributed by atoms with Gasteiger partial charge in [-0.15, -0.1) is 0 Å². The van der Waals surface area contributed by atoms with Crippen LogP contribution in [0.3, 0.4) is 0 Å². The summed E-state index contributed by atoms with van der Waals surface area (Å²) in [5.41, 5.74) is -0.0629. The second-order valence-corrected chi connectivity index (χ2v) is 7.40. The molecule has 0 atom stereocenters. The zero-order valence-electron chi connectivity index (χ0n) is 13.9. The molecular formula is C13H16N4O7S2. The van der Waals surface area contributed by atoms with Gasteiger partial charge in [-0.3, -0.25) is 4.79 Å². The number of hydrogen-bond donors (Lipinski definition) is 3. The molecule has 142 valence electrons. The fourth-order valence-corrected chi connectivity index (χ4v) is 2.43. The van der Waals surface area contributed by atoms with Gasteiger partial charge in [0.2, 0.25) is 0 Å². The van der Waals surface area contributed by atoms with E-state index in [2.05, 4.69) is 5.32 Å². The fraction of sp³-hybridized carbons (Fsp3) is 0.231. The number of nitriles is 1. The summed E-state index contributed by atoms with van der Waals surface area (Å²) in [5, 5.41) is 11.3. The highest BCUT2D eigenvalue weighted by atomic mass is 32.2. The summed E-state index contributed by atoms with van der Waals surface area (Å²) in [4.78, 5) is 11.5. The van der Waals surface area contributed by atoms with Crippen LogP contribution in [0.4, 0.5) is 0 Å². The van der Waals surface area contributed by atoms with Gasteiger partial charge >= 0.3 is 20.6 Å². The minimum atomic E-state index is -4.24. The molecule has 0 spiro atoms.